The highest BCUT2D eigenvalue weighted by Crippen LogP contribution is 2.25. The zero-order valence-corrected chi connectivity index (χ0v) is 16.0. The zero-order chi connectivity index (χ0) is 17.5. The fourth-order valence-electron chi connectivity index (χ4n) is 1.48. The molecule has 0 saturated carbocycles. The van der Waals surface area contributed by atoms with Gasteiger partial charge in [-0.1, -0.05) is 39.0 Å². The van der Waals surface area contributed by atoms with Gasteiger partial charge in [-0.25, -0.2) is 0 Å². The van der Waals surface area contributed by atoms with Crippen LogP contribution in [-0.4, -0.2) is 41.0 Å². The first-order valence-corrected chi connectivity index (χ1v) is 9.33. The van der Waals surface area contributed by atoms with Crippen molar-refractivity contribution in [3.63, 3.8) is 0 Å². The number of anilines is 1. The van der Waals surface area contributed by atoms with E-state index in [9.17, 15) is 9.59 Å². The van der Waals surface area contributed by atoms with Gasteiger partial charge in [0.25, 0.3) is 5.91 Å². The predicted octanol–water partition coefficient (Wildman–Crippen LogP) is 2.97. The van der Waals surface area contributed by atoms with Gasteiger partial charge in [0.05, 0.1) is 12.9 Å². The third-order valence-electron chi connectivity index (χ3n) is 2.67. The number of esters is 1. The Bertz CT molecular complexity index is 708. The lowest BCUT2D eigenvalue weighted by atomic mass is 10.3. The molecule has 1 heterocycles. The lowest BCUT2D eigenvalue weighted by molar-refractivity contribution is -0.137. The topological polar surface area (TPSA) is 90.4 Å². The Labute approximate surface area is 155 Å². The van der Waals surface area contributed by atoms with Crippen LogP contribution in [0.1, 0.15) is 6.92 Å². The summed E-state index contributed by atoms with van der Waals surface area (Å²) in [6.07, 6.45) is -0.693. The molecule has 2 aromatic rings. The molecule has 0 aliphatic heterocycles. The van der Waals surface area contributed by atoms with Crippen molar-refractivity contribution in [2.75, 3.05) is 18.2 Å². The SMILES string of the molecule is COC(=O)CSc1nnc(NC(=O)C(C)Oc2ccc(Br)cc2)s1. The first-order chi connectivity index (χ1) is 11.5. The summed E-state index contributed by atoms with van der Waals surface area (Å²) in [4.78, 5) is 23.2. The molecule has 7 nitrogen and oxygen atoms in total. The monoisotopic (exact) mass is 431 g/mol. The van der Waals surface area contributed by atoms with Gasteiger partial charge in [-0.05, 0) is 31.2 Å². The van der Waals surface area contributed by atoms with Crippen molar-refractivity contribution in [1.29, 1.82) is 0 Å². The van der Waals surface area contributed by atoms with Crippen molar-refractivity contribution < 1.29 is 19.1 Å². The molecule has 1 atom stereocenters. The summed E-state index contributed by atoms with van der Waals surface area (Å²) in [7, 11) is 1.32. The maximum Gasteiger partial charge on any atom is 0.316 e. The van der Waals surface area contributed by atoms with E-state index in [0.717, 1.165) is 4.47 Å². The number of thioether (sulfide) groups is 1. The summed E-state index contributed by atoms with van der Waals surface area (Å²) < 4.78 is 11.6. The molecule has 128 valence electrons. The number of hydrogen-bond donors (Lipinski definition) is 1. The van der Waals surface area contributed by atoms with E-state index in [1.807, 2.05) is 12.1 Å². The number of halogens is 1. The van der Waals surface area contributed by atoms with Crippen LogP contribution < -0.4 is 10.1 Å². The summed E-state index contributed by atoms with van der Waals surface area (Å²) in [5.41, 5.74) is 0. The van der Waals surface area contributed by atoms with Gasteiger partial charge < -0.3 is 9.47 Å². The highest BCUT2D eigenvalue weighted by atomic mass is 79.9. The number of carbonyl (C=O) groups is 2. The van der Waals surface area contributed by atoms with E-state index in [2.05, 4.69) is 36.2 Å². The third-order valence-corrected chi connectivity index (χ3v) is 5.15. The lowest BCUT2D eigenvalue weighted by Crippen LogP contribution is -2.30. The average Bonchev–Trinajstić information content (AvgIpc) is 3.02. The molecule has 0 fully saturated rings. The smallest absolute Gasteiger partial charge is 0.316 e. The number of rotatable bonds is 7. The number of ether oxygens (including phenoxy) is 2. The van der Waals surface area contributed by atoms with E-state index in [1.165, 1.54) is 30.2 Å². The molecule has 1 aromatic carbocycles. The number of nitrogens with one attached hydrogen (secondary N) is 1. The maximum atomic E-state index is 12.1. The molecule has 1 unspecified atom stereocenters. The number of aromatic nitrogens is 2. The number of carbonyl (C=O) groups excluding carboxylic acids is 2. The normalized spacial score (nSPS) is 11.6. The van der Waals surface area contributed by atoms with Crippen LogP contribution in [0.25, 0.3) is 0 Å². The summed E-state index contributed by atoms with van der Waals surface area (Å²) >= 11 is 5.71. The van der Waals surface area contributed by atoms with Gasteiger partial charge >= 0.3 is 5.97 Å². The summed E-state index contributed by atoms with van der Waals surface area (Å²) in [6.45, 7) is 1.64. The van der Waals surface area contributed by atoms with Gasteiger partial charge in [0.1, 0.15) is 5.75 Å². The van der Waals surface area contributed by atoms with E-state index in [1.54, 1.807) is 19.1 Å². The molecule has 1 amide bonds. The van der Waals surface area contributed by atoms with Crippen molar-refractivity contribution in [2.45, 2.75) is 17.4 Å². The number of nitrogens with zero attached hydrogens (tertiary/aromatic N) is 2. The molecule has 24 heavy (non-hydrogen) atoms. The van der Waals surface area contributed by atoms with Gasteiger partial charge in [0.2, 0.25) is 5.13 Å². The second-order valence-corrected chi connectivity index (χ2v) is 7.56. The van der Waals surface area contributed by atoms with Crippen LogP contribution in [0.5, 0.6) is 5.75 Å². The third kappa shape index (κ3) is 5.77. The van der Waals surface area contributed by atoms with E-state index >= 15 is 0 Å². The average molecular weight is 432 g/mol. The van der Waals surface area contributed by atoms with E-state index in [4.69, 9.17) is 4.74 Å². The molecule has 0 radical (unpaired) electrons. The highest BCUT2D eigenvalue weighted by Gasteiger charge is 2.17. The van der Waals surface area contributed by atoms with Crippen molar-refractivity contribution in [3.8, 4) is 5.75 Å². The van der Waals surface area contributed by atoms with Gasteiger partial charge in [-0.3, -0.25) is 14.9 Å². The minimum Gasteiger partial charge on any atom is -0.481 e. The molecule has 0 bridgehead atoms. The minimum absolute atomic E-state index is 0.141. The molecule has 0 aliphatic rings. The molecule has 1 N–H and O–H groups in total. The van der Waals surface area contributed by atoms with Crippen LogP contribution in [0, 0.1) is 0 Å². The molecule has 1 aromatic heterocycles. The molecule has 0 spiro atoms. The number of benzene rings is 1. The Balaban J connectivity index is 1.86. The number of methoxy groups -OCH3 is 1. The predicted molar refractivity (Wildman–Crippen MR) is 95.5 cm³/mol. The summed E-state index contributed by atoms with van der Waals surface area (Å²) in [5, 5.41) is 10.7. The minimum atomic E-state index is -0.693. The number of amides is 1. The quantitative estimate of drug-likeness (QED) is 0.409. The highest BCUT2D eigenvalue weighted by molar-refractivity contribution is 9.10. The second kappa shape index (κ2) is 9.00. The molecule has 2 rings (SSSR count). The molecular formula is C14H14BrN3O4S2. The van der Waals surface area contributed by atoms with Crippen molar-refractivity contribution in [3.05, 3.63) is 28.7 Å². The Morgan fingerprint density at radius 2 is 2.04 bits per heavy atom. The van der Waals surface area contributed by atoms with Crippen LogP contribution in [0.15, 0.2) is 33.1 Å². The van der Waals surface area contributed by atoms with Crippen LogP contribution in [0.3, 0.4) is 0 Å². The first kappa shape index (κ1) is 18.7. The molecular weight excluding hydrogens is 418 g/mol. The Morgan fingerprint density at radius 1 is 1.33 bits per heavy atom. The molecule has 0 aliphatic carbocycles. The van der Waals surface area contributed by atoms with Crippen molar-refractivity contribution >= 4 is 56.0 Å². The van der Waals surface area contributed by atoms with E-state index < -0.39 is 6.10 Å². The summed E-state index contributed by atoms with van der Waals surface area (Å²) in [6, 6.07) is 7.19. The van der Waals surface area contributed by atoms with Crippen LogP contribution in [-0.2, 0) is 14.3 Å². The standard InChI is InChI=1S/C14H14BrN3O4S2/c1-8(22-10-5-3-9(15)4-6-10)12(20)16-13-17-18-14(24-13)23-7-11(19)21-2/h3-6,8H,7H2,1-2H3,(H,16,17,20). The largest absolute Gasteiger partial charge is 0.481 e. The Morgan fingerprint density at radius 3 is 2.71 bits per heavy atom. The van der Waals surface area contributed by atoms with Crippen molar-refractivity contribution in [2.24, 2.45) is 0 Å². The van der Waals surface area contributed by atoms with Crippen molar-refractivity contribution in [1.82, 2.24) is 10.2 Å². The van der Waals surface area contributed by atoms with E-state index in [-0.39, 0.29) is 17.6 Å². The maximum absolute atomic E-state index is 12.1. The van der Waals surface area contributed by atoms with Crippen LogP contribution in [0.2, 0.25) is 0 Å². The fraction of sp³-hybridized carbons (Fsp3) is 0.286. The molecule has 10 heteroatoms. The zero-order valence-electron chi connectivity index (χ0n) is 12.8. The molecule has 0 saturated heterocycles. The Kier molecular flexibility index (Phi) is 7.00. The van der Waals surface area contributed by atoms with Gasteiger partial charge in [0, 0.05) is 4.47 Å². The van der Waals surface area contributed by atoms with Gasteiger partial charge in [-0.15, -0.1) is 10.2 Å². The second-order valence-electron chi connectivity index (χ2n) is 4.44. The fourth-order valence-corrected chi connectivity index (χ4v) is 3.33. The summed E-state index contributed by atoms with van der Waals surface area (Å²) in [5.74, 6) is 0.0469. The number of hydrogen-bond acceptors (Lipinski definition) is 8. The van der Waals surface area contributed by atoms with Crippen LogP contribution in [0.4, 0.5) is 5.13 Å². The van der Waals surface area contributed by atoms with Gasteiger partial charge in [0.15, 0.2) is 10.4 Å². The van der Waals surface area contributed by atoms with Gasteiger partial charge in [-0.2, -0.15) is 0 Å². The Hall–Kier alpha value is -1.65. The van der Waals surface area contributed by atoms with Crippen LogP contribution >= 0.6 is 39.0 Å². The first-order valence-electron chi connectivity index (χ1n) is 6.74. The lowest BCUT2D eigenvalue weighted by Gasteiger charge is -2.13. The van der Waals surface area contributed by atoms with E-state index in [0.29, 0.717) is 15.2 Å².